The van der Waals surface area contributed by atoms with Crippen molar-refractivity contribution >= 4 is 27.5 Å². The first-order chi connectivity index (χ1) is 9.46. The molecule has 2 aliphatic rings. The van der Waals surface area contributed by atoms with Crippen LogP contribution in [0.4, 0.5) is 4.79 Å². The summed E-state index contributed by atoms with van der Waals surface area (Å²) >= 11 is 5.90. The number of hydrogen-bond donors (Lipinski definition) is 1. The summed E-state index contributed by atoms with van der Waals surface area (Å²) in [5, 5.41) is 1.96. The number of carbonyl (C=O) groups excluding carboxylic acids is 1. The number of piperidine rings is 1. The Hall–Kier alpha value is -0.530. The number of likely N-dealkylation sites (tertiary alicyclic amines) is 1. The van der Waals surface area contributed by atoms with E-state index >= 15 is 0 Å². The molecule has 0 aromatic heterocycles. The van der Waals surface area contributed by atoms with Crippen LogP contribution in [0.15, 0.2) is 0 Å². The summed E-state index contributed by atoms with van der Waals surface area (Å²) in [6.07, 6.45) is 3.07. The molecular weight excluding hydrogens is 304 g/mol. The summed E-state index contributed by atoms with van der Waals surface area (Å²) in [6.45, 7) is 3.14. The topological polar surface area (TPSA) is 75.7 Å². The third-order valence-corrected chi connectivity index (χ3v) is 6.05. The fourth-order valence-electron chi connectivity index (χ4n) is 2.58. The van der Waals surface area contributed by atoms with Crippen LogP contribution in [0.3, 0.4) is 0 Å². The maximum absolute atomic E-state index is 11.6. The van der Waals surface area contributed by atoms with E-state index in [1.165, 1.54) is 19.3 Å². The molecule has 2 aliphatic heterocycles. The minimum Gasteiger partial charge on any atom is -0.448 e. The van der Waals surface area contributed by atoms with Gasteiger partial charge in [-0.3, -0.25) is 4.90 Å². The Morgan fingerprint density at radius 2 is 1.95 bits per heavy atom. The van der Waals surface area contributed by atoms with Crippen molar-refractivity contribution in [2.45, 2.75) is 30.7 Å². The molecule has 0 unspecified atom stereocenters. The Kier molecular flexibility index (Phi) is 5.51. The third kappa shape index (κ3) is 4.79. The Labute approximate surface area is 124 Å². The number of nitrogens with one attached hydrogen (secondary N) is 1. The molecule has 8 heteroatoms. The molecule has 2 rings (SSSR count). The van der Waals surface area contributed by atoms with Crippen LogP contribution in [0.2, 0.25) is 0 Å². The monoisotopic (exact) mass is 324 g/mol. The lowest BCUT2D eigenvalue weighted by Gasteiger charge is -2.26. The average Bonchev–Trinajstić information content (AvgIpc) is 2.63. The zero-order chi connectivity index (χ0) is 14.6. The number of nitrogens with zero attached hydrogens (tertiary/aromatic N) is 1. The normalized spacial score (nSPS) is 30.1. The number of amides is 1. The average molecular weight is 325 g/mol. The zero-order valence-electron chi connectivity index (χ0n) is 11.4. The molecule has 2 fully saturated rings. The molecular formula is C12H21ClN2O4S. The third-order valence-electron chi connectivity index (χ3n) is 3.68. The van der Waals surface area contributed by atoms with Crippen LogP contribution in [0.25, 0.3) is 0 Å². The highest BCUT2D eigenvalue weighted by molar-refractivity contribution is 7.91. The predicted molar refractivity (Wildman–Crippen MR) is 76.9 cm³/mol. The van der Waals surface area contributed by atoms with Crippen LogP contribution in [0, 0.1) is 0 Å². The molecule has 0 spiro atoms. The molecule has 0 aromatic rings. The lowest BCUT2D eigenvalue weighted by atomic mass is 10.1. The molecule has 2 atom stereocenters. The number of alkyl carbamates (subject to hydrolysis) is 1. The summed E-state index contributed by atoms with van der Waals surface area (Å²) < 4.78 is 27.8. The van der Waals surface area contributed by atoms with Gasteiger partial charge in [-0.2, -0.15) is 0 Å². The summed E-state index contributed by atoms with van der Waals surface area (Å²) in [5.41, 5.74) is 0. The van der Waals surface area contributed by atoms with Gasteiger partial charge in [0.1, 0.15) is 6.61 Å². The molecule has 116 valence electrons. The number of sulfone groups is 1. The van der Waals surface area contributed by atoms with E-state index in [2.05, 4.69) is 10.2 Å². The van der Waals surface area contributed by atoms with Crippen molar-refractivity contribution in [2.24, 2.45) is 0 Å². The minimum absolute atomic E-state index is 0.0900. The highest BCUT2D eigenvalue weighted by Crippen LogP contribution is 2.18. The van der Waals surface area contributed by atoms with Crippen LogP contribution in [0.5, 0.6) is 0 Å². The van der Waals surface area contributed by atoms with Crippen molar-refractivity contribution in [2.75, 3.05) is 37.7 Å². The van der Waals surface area contributed by atoms with Crippen molar-refractivity contribution in [1.82, 2.24) is 10.2 Å². The first kappa shape index (κ1) is 15.9. The van der Waals surface area contributed by atoms with E-state index in [9.17, 15) is 13.2 Å². The second-order valence-corrected chi connectivity index (χ2v) is 8.10. The number of halogens is 1. The van der Waals surface area contributed by atoms with Gasteiger partial charge in [0.2, 0.25) is 0 Å². The maximum atomic E-state index is 11.6. The van der Waals surface area contributed by atoms with Crippen molar-refractivity contribution in [3.05, 3.63) is 0 Å². The molecule has 0 aromatic carbocycles. The van der Waals surface area contributed by atoms with E-state index in [-0.39, 0.29) is 11.5 Å². The van der Waals surface area contributed by atoms with Crippen molar-refractivity contribution < 1.29 is 17.9 Å². The molecule has 20 heavy (non-hydrogen) atoms. The minimum atomic E-state index is -3.14. The Bertz CT molecular complexity index is 437. The summed E-state index contributed by atoms with van der Waals surface area (Å²) in [4.78, 5) is 13.9. The lowest BCUT2D eigenvalue weighted by molar-refractivity contribution is 0.118. The Morgan fingerprint density at radius 1 is 1.25 bits per heavy atom. The Balaban J connectivity index is 1.65. The van der Waals surface area contributed by atoms with Crippen molar-refractivity contribution in [3.8, 4) is 0 Å². The molecule has 1 N–H and O–H groups in total. The van der Waals surface area contributed by atoms with Gasteiger partial charge >= 0.3 is 6.09 Å². The summed E-state index contributed by atoms with van der Waals surface area (Å²) in [5.74, 6) is -0.199. The number of rotatable bonds is 4. The van der Waals surface area contributed by atoms with Crippen LogP contribution >= 0.6 is 11.6 Å². The standard InChI is InChI=1S/C12H21ClN2O4S/c13-10-8-20(17,18)9-11(10)14-12(16)19-7-6-15-4-2-1-3-5-15/h10-11H,1-9H2,(H,14,16)/t10-,11+/m1/s1. The van der Waals surface area contributed by atoms with Crippen LogP contribution in [0.1, 0.15) is 19.3 Å². The SMILES string of the molecule is O=C(N[C@H]1CS(=O)(=O)C[C@H]1Cl)OCCN1CCCCC1. The van der Waals surface area contributed by atoms with E-state index in [4.69, 9.17) is 16.3 Å². The molecule has 2 heterocycles. The van der Waals surface area contributed by atoms with Gasteiger partial charge in [-0.25, -0.2) is 13.2 Å². The van der Waals surface area contributed by atoms with E-state index in [0.29, 0.717) is 6.61 Å². The van der Waals surface area contributed by atoms with Gasteiger partial charge in [-0.05, 0) is 25.9 Å². The lowest BCUT2D eigenvalue weighted by Crippen LogP contribution is -2.42. The van der Waals surface area contributed by atoms with Gasteiger partial charge in [0, 0.05) is 6.54 Å². The van der Waals surface area contributed by atoms with E-state index < -0.39 is 27.3 Å². The number of alkyl halides is 1. The van der Waals surface area contributed by atoms with E-state index in [1.807, 2.05) is 0 Å². The fraction of sp³-hybridized carbons (Fsp3) is 0.917. The molecule has 0 saturated carbocycles. The quantitative estimate of drug-likeness (QED) is 0.767. The van der Waals surface area contributed by atoms with Gasteiger partial charge in [0.05, 0.1) is 22.9 Å². The van der Waals surface area contributed by atoms with Gasteiger partial charge in [0.15, 0.2) is 9.84 Å². The van der Waals surface area contributed by atoms with Crippen LogP contribution in [-0.4, -0.2) is 68.6 Å². The van der Waals surface area contributed by atoms with Gasteiger partial charge in [-0.1, -0.05) is 6.42 Å². The summed E-state index contributed by atoms with van der Waals surface area (Å²) in [6, 6.07) is -0.552. The molecule has 0 aliphatic carbocycles. The Morgan fingerprint density at radius 3 is 2.55 bits per heavy atom. The fourth-order valence-corrected chi connectivity index (χ4v) is 5.13. The molecule has 0 bridgehead atoms. The van der Waals surface area contributed by atoms with Crippen molar-refractivity contribution in [3.63, 3.8) is 0 Å². The van der Waals surface area contributed by atoms with Gasteiger partial charge < -0.3 is 10.1 Å². The second kappa shape index (κ2) is 6.95. The predicted octanol–water partition coefficient (Wildman–Crippen LogP) is 0.603. The first-order valence-corrected chi connectivity index (χ1v) is 9.22. The summed E-state index contributed by atoms with van der Waals surface area (Å²) in [7, 11) is -3.14. The first-order valence-electron chi connectivity index (χ1n) is 6.96. The van der Waals surface area contributed by atoms with Gasteiger partial charge in [0.25, 0.3) is 0 Å². The smallest absolute Gasteiger partial charge is 0.407 e. The highest BCUT2D eigenvalue weighted by Gasteiger charge is 2.37. The largest absolute Gasteiger partial charge is 0.448 e. The molecule has 2 saturated heterocycles. The second-order valence-electron chi connectivity index (χ2n) is 5.38. The highest BCUT2D eigenvalue weighted by atomic mass is 35.5. The maximum Gasteiger partial charge on any atom is 0.407 e. The molecule has 6 nitrogen and oxygen atoms in total. The number of ether oxygens (including phenoxy) is 1. The van der Waals surface area contributed by atoms with E-state index in [1.54, 1.807) is 0 Å². The molecule has 0 radical (unpaired) electrons. The van der Waals surface area contributed by atoms with Crippen LogP contribution in [-0.2, 0) is 14.6 Å². The molecule has 1 amide bonds. The number of carbonyl (C=O) groups is 1. The van der Waals surface area contributed by atoms with E-state index in [0.717, 1.165) is 19.6 Å². The van der Waals surface area contributed by atoms with Crippen LogP contribution < -0.4 is 5.32 Å². The van der Waals surface area contributed by atoms with Gasteiger partial charge in [-0.15, -0.1) is 11.6 Å². The number of hydrogen-bond acceptors (Lipinski definition) is 5. The van der Waals surface area contributed by atoms with Crippen molar-refractivity contribution in [1.29, 1.82) is 0 Å². The zero-order valence-corrected chi connectivity index (χ0v) is 13.0.